The molecule has 0 atom stereocenters. The van der Waals surface area contributed by atoms with Crippen molar-refractivity contribution in [3.05, 3.63) is 10.1 Å². The third-order valence-corrected chi connectivity index (χ3v) is 1.34. The number of rotatable bonds is 2. The Bertz CT molecular complexity index is 174. The number of hydrogen-bond donors (Lipinski definition) is 0. The predicted molar refractivity (Wildman–Crippen MR) is 36.8 cm³/mol. The van der Waals surface area contributed by atoms with Gasteiger partial charge in [0.2, 0.25) is 0 Å². The Hall–Kier alpha value is -1.13. The first-order chi connectivity index (χ1) is 4.74. The minimum Gasteiger partial charge on any atom is -0.351 e. The maximum Gasteiger partial charge on any atom is 0.260 e. The molecule has 0 bridgehead atoms. The molecule has 0 aliphatic carbocycles. The van der Waals surface area contributed by atoms with Gasteiger partial charge in [-0.3, -0.25) is 15.1 Å². The average Bonchev–Trinajstić information content (AvgIpc) is 2.63. The summed E-state index contributed by atoms with van der Waals surface area (Å²) in [4.78, 5) is 15.3. The predicted octanol–water partition coefficient (Wildman–Crippen LogP) is -0.393. The van der Waals surface area contributed by atoms with E-state index in [4.69, 9.17) is 0 Å². The van der Waals surface area contributed by atoms with Crippen LogP contribution in [0, 0.1) is 10.1 Å². The Morgan fingerprint density at radius 1 is 1.80 bits per heavy atom. The van der Waals surface area contributed by atoms with Crippen molar-refractivity contribution in [2.75, 3.05) is 26.7 Å². The summed E-state index contributed by atoms with van der Waals surface area (Å²) < 4.78 is 0. The summed E-state index contributed by atoms with van der Waals surface area (Å²) in [5.74, 6) is 0.588. The van der Waals surface area contributed by atoms with E-state index in [0.29, 0.717) is 5.84 Å². The molecule has 0 amide bonds. The highest BCUT2D eigenvalue weighted by Crippen LogP contribution is 2.04. The van der Waals surface area contributed by atoms with Crippen molar-refractivity contribution in [1.82, 2.24) is 4.90 Å². The Morgan fingerprint density at radius 3 is 2.70 bits per heavy atom. The van der Waals surface area contributed by atoms with Gasteiger partial charge in [0, 0.05) is 25.1 Å². The van der Waals surface area contributed by atoms with E-state index < -0.39 is 0 Å². The van der Waals surface area contributed by atoms with Gasteiger partial charge in [0.15, 0.2) is 5.84 Å². The first kappa shape index (κ1) is 6.98. The molecular formula is C5H9N3O2. The first-order valence-corrected chi connectivity index (χ1v) is 3.06. The first-order valence-electron chi connectivity index (χ1n) is 3.06. The molecular weight excluding hydrogens is 134 g/mol. The molecule has 5 nitrogen and oxygen atoms in total. The van der Waals surface area contributed by atoms with Crippen LogP contribution in [0.15, 0.2) is 4.99 Å². The lowest BCUT2D eigenvalue weighted by molar-refractivity contribution is -0.464. The van der Waals surface area contributed by atoms with E-state index in [1.54, 1.807) is 7.05 Å². The van der Waals surface area contributed by atoms with Crippen LogP contribution in [0.1, 0.15) is 0 Å². The molecule has 1 aliphatic rings. The molecule has 0 aromatic carbocycles. The van der Waals surface area contributed by atoms with Crippen molar-refractivity contribution in [1.29, 1.82) is 0 Å². The van der Waals surface area contributed by atoms with Gasteiger partial charge in [-0.15, -0.1) is 0 Å². The highest BCUT2D eigenvalue weighted by Gasteiger charge is 2.24. The third-order valence-electron chi connectivity index (χ3n) is 1.34. The molecule has 1 rings (SSSR count). The Balaban J connectivity index is 2.41. The van der Waals surface area contributed by atoms with E-state index in [9.17, 15) is 10.1 Å². The molecule has 0 radical (unpaired) electrons. The topological polar surface area (TPSA) is 58.5 Å². The Kier molecular flexibility index (Phi) is 1.84. The van der Waals surface area contributed by atoms with Crippen LogP contribution in [-0.4, -0.2) is 42.3 Å². The van der Waals surface area contributed by atoms with Crippen LogP contribution in [0.3, 0.4) is 0 Å². The molecule has 0 unspecified atom stereocenters. The summed E-state index contributed by atoms with van der Waals surface area (Å²) in [6.07, 6.45) is 0. The Morgan fingerprint density at radius 2 is 2.40 bits per heavy atom. The molecule has 10 heavy (non-hydrogen) atoms. The van der Waals surface area contributed by atoms with E-state index in [-0.39, 0.29) is 11.5 Å². The van der Waals surface area contributed by atoms with E-state index in [2.05, 4.69) is 4.99 Å². The number of nitrogens with zero attached hydrogens (tertiary/aromatic N) is 3. The highest BCUT2D eigenvalue weighted by atomic mass is 16.6. The zero-order valence-corrected chi connectivity index (χ0v) is 5.78. The second-order valence-corrected chi connectivity index (χ2v) is 2.12. The fourth-order valence-corrected chi connectivity index (χ4v) is 0.736. The van der Waals surface area contributed by atoms with Crippen LogP contribution >= 0.6 is 0 Å². The molecule has 1 aliphatic heterocycles. The molecule has 5 heteroatoms. The maximum atomic E-state index is 10.00. The van der Waals surface area contributed by atoms with E-state index in [1.807, 2.05) is 4.90 Å². The lowest BCUT2D eigenvalue weighted by atomic mass is 10.6. The van der Waals surface area contributed by atoms with Gasteiger partial charge in [0.05, 0.1) is 0 Å². The molecule has 1 fully saturated rings. The summed E-state index contributed by atoms with van der Waals surface area (Å²) in [6.45, 7) is 1.69. The van der Waals surface area contributed by atoms with Crippen LogP contribution in [0.2, 0.25) is 0 Å². The van der Waals surface area contributed by atoms with Crippen molar-refractivity contribution >= 4 is 5.84 Å². The minimum absolute atomic E-state index is 0.142. The minimum atomic E-state index is -0.360. The van der Waals surface area contributed by atoms with Crippen LogP contribution in [0.5, 0.6) is 0 Å². The van der Waals surface area contributed by atoms with Gasteiger partial charge in [0.1, 0.15) is 0 Å². The summed E-state index contributed by atoms with van der Waals surface area (Å²) in [6, 6.07) is 0. The third kappa shape index (κ3) is 1.68. The second-order valence-electron chi connectivity index (χ2n) is 2.12. The van der Waals surface area contributed by atoms with Crippen molar-refractivity contribution in [2.45, 2.75) is 0 Å². The number of nitro groups is 1. The van der Waals surface area contributed by atoms with Gasteiger partial charge in [-0.2, -0.15) is 0 Å². The second kappa shape index (κ2) is 2.64. The highest BCUT2D eigenvalue weighted by molar-refractivity contribution is 5.84. The SMILES string of the molecule is CN=C(C[N+](=O)[O-])N1CC1. The summed E-state index contributed by atoms with van der Waals surface area (Å²) in [5, 5.41) is 10.00. The zero-order valence-electron chi connectivity index (χ0n) is 5.78. The number of amidine groups is 1. The van der Waals surface area contributed by atoms with Crippen molar-refractivity contribution in [2.24, 2.45) is 4.99 Å². The maximum absolute atomic E-state index is 10.00. The molecule has 1 saturated heterocycles. The summed E-state index contributed by atoms with van der Waals surface area (Å²) in [5.41, 5.74) is 0. The zero-order chi connectivity index (χ0) is 7.56. The quantitative estimate of drug-likeness (QED) is 0.174. The normalized spacial score (nSPS) is 17.3. The van der Waals surface area contributed by atoms with Gasteiger partial charge in [0.25, 0.3) is 6.54 Å². The van der Waals surface area contributed by atoms with Crippen molar-refractivity contribution in [3.63, 3.8) is 0 Å². The Labute approximate surface area is 58.5 Å². The molecule has 56 valence electrons. The van der Waals surface area contributed by atoms with Crippen LogP contribution < -0.4 is 0 Å². The number of aliphatic imine (C=N–C) groups is 1. The van der Waals surface area contributed by atoms with Gasteiger partial charge >= 0.3 is 0 Å². The molecule has 0 saturated carbocycles. The van der Waals surface area contributed by atoms with Crippen LogP contribution in [0.4, 0.5) is 0 Å². The smallest absolute Gasteiger partial charge is 0.260 e. The molecule has 0 spiro atoms. The number of hydrogen-bond acceptors (Lipinski definition) is 3. The summed E-state index contributed by atoms with van der Waals surface area (Å²) in [7, 11) is 1.58. The lowest BCUT2D eigenvalue weighted by Gasteiger charge is -1.99. The van der Waals surface area contributed by atoms with E-state index in [0.717, 1.165) is 13.1 Å². The monoisotopic (exact) mass is 143 g/mol. The van der Waals surface area contributed by atoms with Gasteiger partial charge in [-0.25, -0.2) is 0 Å². The molecule has 0 aromatic heterocycles. The van der Waals surface area contributed by atoms with Crippen molar-refractivity contribution in [3.8, 4) is 0 Å². The van der Waals surface area contributed by atoms with Crippen molar-refractivity contribution < 1.29 is 4.92 Å². The van der Waals surface area contributed by atoms with Gasteiger partial charge < -0.3 is 4.90 Å². The van der Waals surface area contributed by atoms with E-state index >= 15 is 0 Å². The lowest BCUT2D eigenvalue weighted by Crippen LogP contribution is -2.21. The fourth-order valence-electron chi connectivity index (χ4n) is 0.736. The van der Waals surface area contributed by atoms with Gasteiger partial charge in [-0.05, 0) is 0 Å². The van der Waals surface area contributed by atoms with E-state index in [1.165, 1.54) is 0 Å². The van der Waals surface area contributed by atoms with Crippen LogP contribution in [0.25, 0.3) is 0 Å². The average molecular weight is 143 g/mol. The molecule has 1 heterocycles. The van der Waals surface area contributed by atoms with Gasteiger partial charge in [-0.1, -0.05) is 0 Å². The fraction of sp³-hybridized carbons (Fsp3) is 0.800. The standard InChI is InChI=1S/C5H9N3O2/c1-6-5(4-8(9)10)7-2-3-7/h2-4H2,1H3. The molecule has 0 aromatic rings. The van der Waals surface area contributed by atoms with Crippen LogP contribution in [-0.2, 0) is 0 Å². The largest absolute Gasteiger partial charge is 0.351 e. The molecule has 0 N–H and O–H groups in total. The summed E-state index contributed by atoms with van der Waals surface area (Å²) >= 11 is 0.